The number of aromatic nitrogens is 2. The predicted octanol–water partition coefficient (Wildman–Crippen LogP) is 1.61. The summed E-state index contributed by atoms with van der Waals surface area (Å²) in [6.07, 6.45) is 3.75. The molecule has 0 saturated carbocycles. The summed E-state index contributed by atoms with van der Waals surface area (Å²) in [4.78, 5) is 13.9. The van der Waals surface area contributed by atoms with Crippen molar-refractivity contribution in [3.05, 3.63) is 22.5 Å². The summed E-state index contributed by atoms with van der Waals surface area (Å²) in [6.45, 7) is 2.40. The lowest BCUT2D eigenvalue weighted by Crippen LogP contribution is -2.32. The topological polar surface area (TPSA) is 81.2 Å². The number of aliphatic hydroxyl groups is 1. The minimum absolute atomic E-state index is 0.0156. The predicted molar refractivity (Wildman–Crippen MR) is 67.6 cm³/mol. The van der Waals surface area contributed by atoms with Crippen molar-refractivity contribution in [1.29, 1.82) is 0 Å². The second-order valence-corrected chi connectivity index (χ2v) is 4.52. The SMILES string of the molecule is CCC(CO)(C[125I])Cn1ccnc1[N+](=O)[O-]. The molecule has 0 aromatic carbocycles. The van der Waals surface area contributed by atoms with Gasteiger partial charge in [-0.2, -0.15) is 0 Å². The molecular formula is C9H14IN3O3. The van der Waals surface area contributed by atoms with E-state index in [0.717, 1.165) is 10.8 Å². The number of hydrogen-bond acceptors (Lipinski definition) is 4. The van der Waals surface area contributed by atoms with Crippen LogP contribution in [-0.2, 0) is 6.54 Å². The van der Waals surface area contributed by atoms with Crippen LogP contribution >= 0.6 is 22.6 Å². The van der Waals surface area contributed by atoms with Gasteiger partial charge in [0, 0.05) is 9.84 Å². The molecule has 0 bridgehead atoms. The van der Waals surface area contributed by atoms with Gasteiger partial charge in [0.2, 0.25) is 0 Å². The van der Waals surface area contributed by atoms with E-state index in [1.807, 2.05) is 6.92 Å². The lowest BCUT2D eigenvalue weighted by atomic mass is 9.88. The van der Waals surface area contributed by atoms with Crippen LogP contribution in [0.1, 0.15) is 13.3 Å². The standard InChI is InChI=1S/C9H14IN3O3/c1-2-9(5-10,7-14)6-12-4-3-11-8(12)13(15)16/h3-4,14H,2,5-7H2,1H3/i10-2. The highest BCUT2D eigenvalue weighted by atomic mass is 125. The molecule has 0 saturated heterocycles. The molecule has 0 amide bonds. The molecule has 6 nitrogen and oxygen atoms in total. The molecule has 0 aliphatic carbocycles. The fourth-order valence-electron chi connectivity index (χ4n) is 1.41. The summed E-state index contributed by atoms with van der Waals surface area (Å²) >= 11 is 2.19. The molecule has 0 aliphatic heterocycles. The highest BCUT2D eigenvalue weighted by Crippen LogP contribution is 2.28. The molecule has 0 radical (unpaired) electrons. The Hall–Kier alpha value is -0.700. The summed E-state index contributed by atoms with van der Waals surface area (Å²) in [5, 5.41) is 20.1. The molecule has 1 rings (SSSR count). The number of alkyl halides is 1. The second-order valence-electron chi connectivity index (χ2n) is 3.76. The molecule has 1 aromatic heterocycles. The van der Waals surface area contributed by atoms with Gasteiger partial charge in [0.25, 0.3) is 0 Å². The molecule has 1 unspecified atom stereocenters. The van der Waals surface area contributed by atoms with Gasteiger partial charge in [-0.15, -0.1) is 0 Å². The lowest BCUT2D eigenvalue weighted by molar-refractivity contribution is -0.397. The van der Waals surface area contributed by atoms with Crippen LogP contribution in [0.2, 0.25) is 0 Å². The first kappa shape index (κ1) is 13.4. The monoisotopic (exact) mass is 337 g/mol. The summed E-state index contributed by atoms with van der Waals surface area (Å²) in [7, 11) is 0. The van der Waals surface area contributed by atoms with Crippen molar-refractivity contribution < 1.29 is 10.0 Å². The van der Waals surface area contributed by atoms with Crippen LogP contribution in [0.5, 0.6) is 0 Å². The number of imidazole rings is 1. The van der Waals surface area contributed by atoms with Crippen LogP contribution in [0.3, 0.4) is 0 Å². The van der Waals surface area contributed by atoms with Crippen LogP contribution < -0.4 is 0 Å². The Kier molecular flexibility index (Phi) is 4.66. The van der Waals surface area contributed by atoms with Crippen molar-refractivity contribution in [1.82, 2.24) is 9.55 Å². The number of nitro groups is 1. The third kappa shape index (κ3) is 2.70. The Bertz CT molecular complexity index is 354. The van der Waals surface area contributed by atoms with E-state index in [9.17, 15) is 15.2 Å². The van der Waals surface area contributed by atoms with E-state index in [1.54, 1.807) is 6.20 Å². The number of rotatable bonds is 6. The molecule has 0 spiro atoms. The molecule has 1 heterocycles. The minimum Gasteiger partial charge on any atom is -0.396 e. The van der Waals surface area contributed by atoms with E-state index in [1.165, 1.54) is 10.8 Å². The van der Waals surface area contributed by atoms with E-state index in [-0.39, 0.29) is 18.0 Å². The Balaban J connectivity index is 2.93. The smallest absolute Gasteiger partial charge is 0.396 e. The summed E-state index contributed by atoms with van der Waals surface area (Å²) in [6, 6.07) is 0. The Morgan fingerprint density at radius 3 is 2.88 bits per heavy atom. The molecule has 0 fully saturated rings. The molecule has 1 aromatic rings. The van der Waals surface area contributed by atoms with Gasteiger partial charge in [0.1, 0.15) is 12.4 Å². The van der Waals surface area contributed by atoms with Crippen LogP contribution in [0.25, 0.3) is 0 Å². The van der Waals surface area contributed by atoms with Gasteiger partial charge in [0.05, 0.1) is 13.2 Å². The van der Waals surface area contributed by atoms with E-state index >= 15 is 0 Å². The van der Waals surface area contributed by atoms with E-state index in [4.69, 9.17) is 0 Å². The fourth-order valence-corrected chi connectivity index (χ4v) is 2.43. The quantitative estimate of drug-likeness (QED) is 0.370. The normalized spacial score (nSPS) is 14.7. The van der Waals surface area contributed by atoms with Crippen LogP contribution in [0, 0.1) is 15.5 Å². The maximum absolute atomic E-state index is 10.7. The zero-order valence-corrected chi connectivity index (χ0v) is 11.1. The van der Waals surface area contributed by atoms with Gasteiger partial charge in [0.15, 0.2) is 0 Å². The highest BCUT2D eigenvalue weighted by Gasteiger charge is 2.30. The van der Waals surface area contributed by atoms with Gasteiger partial charge in [-0.1, -0.05) is 34.5 Å². The lowest BCUT2D eigenvalue weighted by Gasteiger charge is -2.26. The van der Waals surface area contributed by atoms with Gasteiger partial charge in [-0.05, 0) is 11.3 Å². The summed E-state index contributed by atoms with van der Waals surface area (Å²) in [5.41, 5.74) is -0.313. The molecular weight excluding hydrogens is 323 g/mol. The van der Waals surface area contributed by atoms with Gasteiger partial charge in [-0.25, -0.2) is 4.57 Å². The number of aliphatic hydroxyl groups excluding tert-OH is 1. The maximum Gasteiger partial charge on any atom is 0.434 e. The molecule has 0 aliphatic rings. The average molecular weight is 337 g/mol. The van der Waals surface area contributed by atoms with E-state index in [2.05, 4.69) is 27.6 Å². The van der Waals surface area contributed by atoms with Crippen molar-refractivity contribution >= 4 is 28.5 Å². The van der Waals surface area contributed by atoms with Gasteiger partial charge in [-0.3, -0.25) is 0 Å². The molecule has 7 heteroatoms. The number of hydrogen-bond donors (Lipinski definition) is 1. The van der Waals surface area contributed by atoms with Gasteiger partial charge >= 0.3 is 5.95 Å². The Labute approximate surface area is 107 Å². The van der Waals surface area contributed by atoms with Crippen molar-refractivity contribution in [2.45, 2.75) is 19.9 Å². The molecule has 90 valence electrons. The molecule has 16 heavy (non-hydrogen) atoms. The van der Waals surface area contributed by atoms with Crippen LogP contribution in [-0.4, -0.2) is 30.6 Å². The average Bonchev–Trinajstić information content (AvgIpc) is 2.74. The van der Waals surface area contributed by atoms with Crippen molar-refractivity contribution in [2.75, 3.05) is 11.0 Å². The summed E-state index contributed by atoms with van der Waals surface area (Å²) in [5.74, 6) is -0.170. The van der Waals surface area contributed by atoms with E-state index in [0.29, 0.717) is 6.54 Å². The fraction of sp³-hybridized carbons (Fsp3) is 0.667. The second kappa shape index (κ2) is 5.58. The first-order chi connectivity index (χ1) is 7.58. The minimum atomic E-state index is -0.509. The number of nitrogens with zero attached hydrogens (tertiary/aromatic N) is 3. The first-order valence-corrected chi connectivity index (χ1v) is 6.43. The first-order valence-electron chi connectivity index (χ1n) is 4.91. The zero-order valence-electron chi connectivity index (χ0n) is 8.97. The van der Waals surface area contributed by atoms with Crippen molar-refractivity contribution in [3.8, 4) is 0 Å². The molecule has 1 N–H and O–H groups in total. The Morgan fingerprint density at radius 2 is 2.44 bits per heavy atom. The van der Waals surface area contributed by atoms with Crippen molar-refractivity contribution in [3.63, 3.8) is 0 Å². The third-order valence-electron chi connectivity index (χ3n) is 2.73. The summed E-state index contributed by atoms with van der Waals surface area (Å²) < 4.78 is 2.23. The maximum atomic E-state index is 10.7. The Morgan fingerprint density at radius 1 is 1.75 bits per heavy atom. The van der Waals surface area contributed by atoms with Crippen molar-refractivity contribution in [2.24, 2.45) is 5.41 Å². The number of halogens is 1. The van der Waals surface area contributed by atoms with Crippen LogP contribution in [0.4, 0.5) is 5.95 Å². The zero-order chi connectivity index (χ0) is 12.2. The third-order valence-corrected chi connectivity index (χ3v) is 4.35. The van der Waals surface area contributed by atoms with Crippen LogP contribution in [0.15, 0.2) is 12.4 Å². The van der Waals surface area contributed by atoms with E-state index < -0.39 is 4.92 Å². The largest absolute Gasteiger partial charge is 0.434 e. The van der Waals surface area contributed by atoms with Gasteiger partial charge < -0.3 is 15.2 Å². The molecule has 1 atom stereocenters. The highest BCUT2D eigenvalue weighted by molar-refractivity contribution is 14.1.